The van der Waals surface area contributed by atoms with Crippen LogP contribution in [0, 0.1) is 0 Å². The van der Waals surface area contributed by atoms with Crippen molar-refractivity contribution in [1.82, 2.24) is 4.90 Å². The normalized spacial score (nSPS) is 15.8. The molecule has 0 bridgehead atoms. The molecule has 1 aliphatic rings. The molecule has 0 radical (unpaired) electrons. The van der Waals surface area contributed by atoms with Crippen molar-refractivity contribution in [2.45, 2.75) is 27.7 Å². The lowest BCUT2D eigenvalue weighted by molar-refractivity contribution is 0.294. The van der Waals surface area contributed by atoms with E-state index in [0.717, 1.165) is 17.0 Å². The molecule has 0 saturated heterocycles. The van der Waals surface area contributed by atoms with Crippen molar-refractivity contribution >= 4 is 0 Å². The van der Waals surface area contributed by atoms with Crippen molar-refractivity contribution in [3.63, 3.8) is 0 Å². The smallest absolute Gasteiger partial charge is 0.135 e. The van der Waals surface area contributed by atoms with Crippen molar-refractivity contribution < 1.29 is 4.74 Å². The van der Waals surface area contributed by atoms with Crippen molar-refractivity contribution in [1.29, 1.82) is 0 Å². The van der Waals surface area contributed by atoms with Gasteiger partial charge in [-0.2, -0.15) is 0 Å². The first-order valence-corrected chi connectivity index (χ1v) is 5.04. The van der Waals surface area contributed by atoms with Crippen LogP contribution in [-0.2, 0) is 4.74 Å². The summed E-state index contributed by atoms with van der Waals surface area (Å²) in [6.07, 6.45) is 3.97. The van der Waals surface area contributed by atoms with Crippen LogP contribution in [0.2, 0.25) is 0 Å². The molecule has 1 rings (SSSR count). The fraction of sp³-hybridized carbons (Fsp3) is 0.385. The van der Waals surface area contributed by atoms with Gasteiger partial charge in [-0.05, 0) is 39.3 Å². The van der Waals surface area contributed by atoms with Crippen LogP contribution < -0.4 is 0 Å². The number of ether oxygens (including phenoxy) is 1. The number of nitrogens with zero attached hydrogens (tertiary/aromatic N) is 1. The standard InChI is InChI=1S/C13H19NO/c1-9(2)11(4)14-8-13(15-6)7-10(3)12(14)5/h7-8H,5H2,1-4,6H3. The van der Waals surface area contributed by atoms with Gasteiger partial charge in [0.1, 0.15) is 5.76 Å². The molecule has 0 atom stereocenters. The average Bonchev–Trinajstić information content (AvgIpc) is 2.20. The first-order valence-electron chi connectivity index (χ1n) is 5.04. The molecular weight excluding hydrogens is 186 g/mol. The minimum Gasteiger partial charge on any atom is -0.495 e. The molecule has 2 heteroatoms. The molecule has 1 aliphatic heterocycles. The van der Waals surface area contributed by atoms with Crippen LogP contribution in [0.25, 0.3) is 0 Å². The summed E-state index contributed by atoms with van der Waals surface area (Å²) in [7, 11) is 1.68. The van der Waals surface area contributed by atoms with E-state index in [1.165, 1.54) is 11.3 Å². The molecule has 2 nitrogen and oxygen atoms in total. The molecule has 0 aliphatic carbocycles. The van der Waals surface area contributed by atoms with Crippen molar-refractivity contribution in [2.75, 3.05) is 7.11 Å². The van der Waals surface area contributed by atoms with Gasteiger partial charge in [-0.15, -0.1) is 0 Å². The Morgan fingerprint density at radius 2 is 1.93 bits per heavy atom. The molecule has 0 aromatic rings. The fourth-order valence-electron chi connectivity index (χ4n) is 1.38. The van der Waals surface area contributed by atoms with Gasteiger partial charge in [0, 0.05) is 11.4 Å². The molecule has 82 valence electrons. The van der Waals surface area contributed by atoms with Gasteiger partial charge in [0.2, 0.25) is 0 Å². The Morgan fingerprint density at radius 1 is 1.33 bits per heavy atom. The van der Waals surface area contributed by atoms with E-state index >= 15 is 0 Å². The summed E-state index contributed by atoms with van der Waals surface area (Å²) < 4.78 is 5.25. The van der Waals surface area contributed by atoms with Crippen LogP contribution in [-0.4, -0.2) is 12.0 Å². The molecule has 0 saturated carbocycles. The minimum atomic E-state index is 0.862. The molecule has 0 spiro atoms. The van der Waals surface area contributed by atoms with Crippen molar-refractivity contribution in [2.24, 2.45) is 0 Å². The lowest BCUT2D eigenvalue weighted by Crippen LogP contribution is -2.19. The second-order valence-electron chi connectivity index (χ2n) is 3.97. The Kier molecular flexibility index (Phi) is 3.40. The first-order chi connectivity index (χ1) is 6.97. The number of methoxy groups -OCH3 is 1. The summed E-state index contributed by atoms with van der Waals surface area (Å²) in [5.74, 6) is 0.862. The molecule has 0 aromatic heterocycles. The highest BCUT2D eigenvalue weighted by Gasteiger charge is 2.15. The monoisotopic (exact) mass is 205 g/mol. The van der Waals surface area contributed by atoms with Gasteiger partial charge in [-0.1, -0.05) is 12.2 Å². The van der Waals surface area contributed by atoms with Gasteiger partial charge in [0.15, 0.2) is 0 Å². The molecule has 0 N–H and O–H groups in total. The molecule has 0 fully saturated rings. The SMILES string of the molecule is C=C1C(C)=CC(OC)=CN1C(C)=C(C)C. The van der Waals surface area contributed by atoms with Gasteiger partial charge >= 0.3 is 0 Å². The summed E-state index contributed by atoms with van der Waals surface area (Å²) >= 11 is 0. The summed E-state index contributed by atoms with van der Waals surface area (Å²) in [5, 5.41) is 0. The summed E-state index contributed by atoms with van der Waals surface area (Å²) in [6.45, 7) is 12.4. The highest BCUT2D eigenvalue weighted by atomic mass is 16.5. The predicted octanol–water partition coefficient (Wildman–Crippen LogP) is 3.56. The third kappa shape index (κ3) is 2.32. The van der Waals surface area contributed by atoms with E-state index in [2.05, 4.69) is 32.3 Å². The lowest BCUT2D eigenvalue weighted by Gasteiger charge is -2.29. The van der Waals surface area contributed by atoms with Crippen molar-refractivity contribution in [3.05, 3.63) is 47.2 Å². The van der Waals surface area contributed by atoms with Crippen LogP contribution in [0.1, 0.15) is 27.7 Å². The van der Waals surface area contributed by atoms with Gasteiger partial charge in [-0.25, -0.2) is 0 Å². The molecule has 0 aromatic carbocycles. The van der Waals surface area contributed by atoms with Gasteiger partial charge in [-0.3, -0.25) is 0 Å². The van der Waals surface area contributed by atoms with Crippen LogP contribution in [0.5, 0.6) is 0 Å². The quantitative estimate of drug-likeness (QED) is 0.683. The van der Waals surface area contributed by atoms with E-state index in [0.29, 0.717) is 0 Å². The van der Waals surface area contributed by atoms with E-state index in [-0.39, 0.29) is 0 Å². The van der Waals surface area contributed by atoms with Gasteiger partial charge in [0.25, 0.3) is 0 Å². The second kappa shape index (κ2) is 4.39. The molecule has 0 amide bonds. The predicted molar refractivity (Wildman–Crippen MR) is 63.9 cm³/mol. The summed E-state index contributed by atoms with van der Waals surface area (Å²) in [4.78, 5) is 2.07. The van der Waals surface area contributed by atoms with Crippen LogP contribution in [0.3, 0.4) is 0 Å². The van der Waals surface area contributed by atoms with E-state index in [1.54, 1.807) is 7.11 Å². The zero-order valence-electron chi connectivity index (χ0n) is 10.2. The molecule has 15 heavy (non-hydrogen) atoms. The second-order valence-corrected chi connectivity index (χ2v) is 3.97. The highest BCUT2D eigenvalue weighted by Crippen LogP contribution is 2.27. The number of hydrogen-bond acceptors (Lipinski definition) is 2. The zero-order chi connectivity index (χ0) is 11.6. The van der Waals surface area contributed by atoms with Gasteiger partial charge < -0.3 is 9.64 Å². The molecule has 0 unspecified atom stereocenters. The maximum absolute atomic E-state index is 5.25. The van der Waals surface area contributed by atoms with E-state index < -0.39 is 0 Å². The summed E-state index contributed by atoms with van der Waals surface area (Å²) in [5.41, 5.74) is 4.61. The Labute approximate surface area is 92.2 Å². The molecule has 1 heterocycles. The Morgan fingerprint density at radius 3 is 2.40 bits per heavy atom. The largest absolute Gasteiger partial charge is 0.495 e. The maximum Gasteiger partial charge on any atom is 0.135 e. The Balaban J connectivity index is 3.12. The van der Waals surface area contributed by atoms with Crippen molar-refractivity contribution in [3.8, 4) is 0 Å². The lowest BCUT2D eigenvalue weighted by atomic mass is 10.1. The Bertz CT molecular complexity index is 368. The fourth-order valence-corrected chi connectivity index (χ4v) is 1.38. The third-order valence-corrected chi connectivity index (χ3v) is 2.68. The third-order valence-electron chi connectivity index (χ3n) is 2.68. The van der Waals surface area contributed by atoms with Crippen LogP contribution in [0.4, 0.5) is 0 Å². The van der Waals surface area contributed by atoms with Crippen LogP contribution in [0.15, 0.2) is 47.2 Å². The molecular formula is C13H19NO. The maximum atomic E-state index is 5.25. The summed E-state index contributed by atoms with van der Waals surface area (Å²) in [6, 6.07) is 0. The van der Waals surface area contributed by atoms with Crippen LogP contribution >= 0.6 is 0 Å². The first kappa shape index (κ1) is 11.6. The zero-order valence-corrected chi connectivity index (χ0v) is 10.2. The van der Waals surface area contributed by atoms with E-state index in [1.807, 2.05) is 19.2 Å². The number of allylic oxidation sites excluding steroid dienone is 4. The van der Waals surface area contributed by atoms with Gasteiger partial charge in [0.05, 0.1) is 13.3 Å². The number of hydrogen-bond donors (Lipinski definition) is 0. The Hall–Kier alpha value is -1.44. The minimum absolute atomic E-state index is 0.862. The highest BCUT2D eigenvalue weighted by molar-refractivity contribution is 5.40. The number of rotatable bonds is 2. The van der Waals surface area contributed by atoms with E-state index in [9.17, 15) is 0 Å². The topological polar surface area (TPSA) is 12.5 Å². The van der Waals surface area contributed by atoms with E-state index in [4.69, 9.17) is 4.74 Å². The average molecular weight is 205 g/mol.